The molecule has 0 aliphatic carbocycles. The number of carbonyl (C=O) groups is 2. The molecule has 2 unspecified atom stereocenters. The van der Waals surface area contributed by atoms with Crippen LogP contribution in [0.3, 0.4) is 0 Å². The maximum absolute atomic E-state index is 12.4. The summed E-state index contributed by atoms with van der Waals surface area (Å²) in [7, 11) is 0. The van der Waals surface area contributed by atoms with Gasteiger partial charge in [-0.3, -0.25) is 9.59 Å². The van der Waals surface area contributed by atoms with Crippen molar-refractivity contribution in [3.63, 3.8) is 0 Å². The van der Waals surface area contributed by atoms with Crippen molar-refractivity contribution < 1.29 is 14.7 Å². The molecule has 25 heavy (non-hydrogen) atoms. The Morgan fingerprint density at radius 3 is 2.44 bits per heavy atom. The molecule has 0 radical (unpaired) electrons. The van der Waals surface area contributed by atoms with Gasteiger partial charge in [-0.15, -0.1) is 0 Å². The van der Waals surface area contributed by atoms with Gasteiger partial charge in [-0.2, -0.15) is 23.5 Å². The van der Waals surface area contributed by atoms with Crippen LogP contribution in [-0.2, 0) is 15.0 Å². The highest BCUT2D eigenvalue weighted by Crippen LogP contribution is 2.28. The zero-order valence-electron chi connectivity index (χ0n) is 15.1. The molecule has 0 spiro atoms. The quantitative estimate of drug-likeness (QED) is 0.783. The van der Waals surface area contributed by atoms with Crippen LogP contribution in [0.5, 0.6) is 0 Å². The molecule has 1 aliphatic heterocycles. The van der Waals surface area contributed by atoms with Crippen LogP contribution in [0.1, 0.15) is 50.8 Å². The largest absolute Gasteiger partial charge is 0.481 e. The molecule has 1 aliphatic rings. The fourth-order valence-corrected chi connectivity index (χ4v) is 5.44. The fraction of sp³-hybridized carbons (Fsp3) is 0.579. The lowest BCUT2D eigenvalue weighted by molar-refractivity contribution is -0.137. The Kier molecular flexibility index (Phi) is 7.25. The number of carbonyl (C=O) groups excluding carboxylic acids is 1. The van der Waals surface area contributed by atoms with Gasteiger partial charge in [0, 0.05) is 28.9 Å². The maximum atomic E-state index is 12.4. The molecule has 2 rings (SSSR count). The van der Waals surface area contributed by atoms with E-state index in [0.717, 1.165) is 22.8 Å². The summed E-state index contributed by atoms with van der Waals surface area (Å²) < 4.78 is 0. The zero-order chi connectivity index (χ0) is 18.4. The Morgan fingerprint density at radius 2 is 1.92 bits per heavy atom. The van der Waals surface area contributed by atoms with E-state index >= 15 is 0 Å². The van der Waals surface area contributed by atoms with Gasteiger partial charge in [0.15, 0.2) is 0 Å². The number of aliphatic carboxylic acids is 1. The van der Waals surface area contributed by atoms with E-state index in [4.69, 9.17) is 0 Å². The normalized spacial score (nSPS) is 19.2. The lowest BCUT2D eigenvalue weighted by Crippen LogP contribution is -2.33. The van der Waals surface area contributed by atoms with Crippen molar-refractivity contribution in [3.8, 4) is 0 Å². The molecule has 1 saturated heterocycles. The highest BCUT2D eigenvalue weighted by Gasteiger charge is 2.23. The highest BCUT2D eigenvalue weighted by atomic mass is 32.2. The van der Waals surface area contributed by atoms with Gasteiger partial charge >= 0.3 is 5.97 Å². The monoisotopic (exact) mass is 381 g/mol. The summed E-state index contributed by atoms with van der Waals surface area (Å²) in [5.74, 6) is 2.24. The average molecular weight is 382 g/mol. The molecular formula is C19H27NO3S2. The SMILES string of the molecule is CC(C)(C)c1ccc(C(CC(=O)O)NC(=O)CC2CSCCS2)cc1. The molecule has 6 heteroatoms. The van der Waals surface area contributed by atoms with Crippen molar-refractivity contribution in [1.82, 2.24) is 5.32 Å². The number of nitrogens with one attached hydrogen (secondary N) is 1. The molecule has 0 aromatic heterocycles. The van der Waals surface area contributed by atoms with Crippen molar-refractivity contribution in [3.05, 3.63) is 35.4 Å². The van der Waals surface area contributed by atoms with Crippen molar-refractivity contribution in [1.29, 1.82) is 0 Å². The van der Waals surface area contributed by atoms with Crippen LogP contribution < -0.4 is 5.32 Å². The van der Waals surface area contributed by atoms with E-state index in [-0.39, 0.29) is 17.7 Å². The first kappa shape index (κ1) is 20.2. The van der Waals surface area contributed by atoms with Crippen molar-refractivity contribution in [2.45, 2.75) is 50.3 Å². The predicted molar refractivity (Wildman–Crippen MR) is 106 cm³/mol. The number of thioether (sulfide) groups is 2. The molecule has 2 atom stereocenters. The van der Waals surface area contributed by atoms with Gasteiger partial charge in [0.05, 0.1) is 12.5 Å². The van der Waals surface area contributed by atoms with E-state index in [9.17, 15) is 14.7 Å². The third-order valence-electron chi connectivity index (χ3n) is 4.19. The molecule has 138 valence electrons. The summed E-state index contributed by atoms with van der Waals surface area (Å²) in [6, 6.07) is 7.41. The first-order valence-corrected chi connectivity index (χ1v) is 10.8. The summed E-state index contributed by atoms with van der Waals surface area (Å²) in [5, 5.41) is 12.5. The Hall–Kier alpha value is -1.14. The highest BCUT2D eigenvalue weighted by molar-refractivity contribution is 8.06. The van der Waals surface area contributed by atoms with E-state index in [1.54, 1.807) is 0 Å². The molecule has 1 heterocycles. The molecule has 2 N–H and O–H groups in total. The molecule has 1 aromatic rings. The molecule has 0 saturated carbocycles. The van der Waals surface area contributed by atoms with E-state index < -0.39 is 12.0 Å². The molecule has 4 nitrogen and oxygen atoms in total. The maximum Gasteiger partial charge on any atom is 0.305 e. The van der Waals surface area contributed by atoms with Crippen LogP contribution in [0.4, 0.5) is 0 Å². The minimum atomic E-state index is -0.909. The Balaban J connectivity index is 2.04. The summed E-state index contributed by atoms with van der Waals surface area (Å²) in [4.78, 5) is 23.6. The number of rotatable bonds is 6. The average Bonchev–Trinajstić information content (AvgIpc) is 2.54. The van der Waals surface area contributed by atoms with Gasteiger partial charge in [-0.1, -0.05) is 45.0 Å². The first-order chi connectivity index (χ1) is 11.8. The van der Waals surface area contributed by atoms with Crippen LogP contribution in [0.2, 0.25) is 0 Å². The summed E-state index contributed by atoms with van der Waals surface area (Å²) in [5.41, 5.74) is 2.07. The van der Waals surface area contributed by atoms with Crippen LogP contribution >= 0.6 is 23.5 Å². The second-order valence-electron chi connectivity index (χ2n) is 7.36. The zero-order valence-corrected chi connectivity index (χ0v) is 16.7. The number of carboxylic acids is 1. The van der Waals surface area contributed by atoms with Crippen LogP contribution in [-0.4, -0.2) is 39.5 Å². The van der Waals surface area contributed by atoms with Gasteiger partial charge in [0.1, 0.15) is 0 Å². The minimum Gasteiger partial charge on any atom is -0.481 e. The predicted octanol–water partition coefficient (Wildman–Crippen LogP) is 3.85. The second-order valence-corrected chi connectivity index (χ2v) is 9.92. The molecule has 1 fully saturated rings. The van der Waals surface area contributed by atoms with E-state index in [2.05, 4.69) is 26.1 Å². The lowest BCUT2D eigenvalue weighted by Gasteiger charge is -2.24. The fourth-order valence-electron chi connectivity index (χ4n) is 2.76. The molecular weight excluding hydrogens is 354 g/mol. The molecule has 0 bridgehead atoms. The standard InChI is InChI=1S/C19H27NO3S2/c1-19(2,3)14-6-4-13(5-7-14)16(11-18(22)23)20-17(21)10-15-12-24-8-9-25-15/h4-7,15-16H,8-12H2,1-3H3,(H,20,21)(H,22,23). The second kappa shape index (κ2) is 8.99. The summed E-state index contributed by atoms with van der Waals surface area (Å²) in [6.45, 7) is 6.41. The summed E-state index contributed by atoms with van der Waals surface area (Å²) >= 11 is 3.71. The van der Waals surface area contributed by atoms with Gasteiger partial charge in [0.25, 0.3) is 0 Å². The Labute approximate surface area is 158 Å². The minimum absolute atomic E-state index is 0.0416. The van der Waals surface area contributed by atoms with Crippen LogP contribution in [0, 0.1) is 0 Å². The summed E-state index contributed by atoms with van der Waals surface area (Å²) in [6.07, 6.45) is 0.348. The number of carboxylic acid groups (broad SMARTS) is 1. The van der Waals surface area contributed by atoms with Crippen molar-refractivity contribution in [2.75, 3.05) is 17.3 Å². The number of benzene rings is 1. The van der Waals surface area contributed by atoms with E-state index in [1.165, 1.54) is 5.56 Å². The van der Waals surface area contributed by atoms with Gasteiger partial charge < -0.3 is 10.4 Å². The van der Waals surface area contributed by atoms with E-state index in [0.29, 0.717) is 11.7 Å². The number of hydrogen-bond acceptors (Lipinski definition) is 4. The first-order valence-electron chi connectivity index (χ1n) is 8.56. The van der Waals surface area contributed by atoms with Crippen molar-refractivity contribution in [2.24, 2.45) is 0 Å². The van der Waals surface area contributed by atoms with E-state index in [1.807, 2.05) is 47.8 Å². The van der Waals surface area contributed by atoms with Gasteiger partial charge in [-0.25, -0.2) is 0 Å². The third kappa shape index (κ3) is 6.59. The molecule has 1 aromatic carbocycles. The number of hydrogen-bond donors (Lipinski definition) is 2. The molecule has 1 amide bonds. The lowest BCUT2D eigenvalue weighted by atomic mass is 9.86. The number of amides is 1. The van der Waals surface area contributed by atoms with Crippen molar-refractivity contribution >= 4 is 35.4 Å². The van der Waals surface area contributed by atoms with Gasteiger partial charge in [-0.05, 0) is 16.5 Å². The Morgan fingerprint density at radius 1 is 1.24 bits per heavy atom. The Bertz CT molecular complexity index is 590. The van der Waals surface area contributed by atoms with Crippen LogP contribution in [0.15, 0.2) is 24.3 Å². The van der Waals surface area contributed by atoms with Crippen LogP contribution in [0.25, 0.3) is 0 Å². The third-order valence-corrected chi connectivity index (χ3v) is 7.04. The smallest absolute Gasteiger partial charge is 0.305 e. The van der Waals surface area contributed by atoms with Gasteiger partial charge in [0.2, 0.25) is 5.91 Å². The topological polar surface area (TPSA) is 66.4 Å².